The second-order valence-corrected chi connectivity index (χ2v) is 5.29. The summed E-state index contributed by atoms with van der Waals surface area (Å²) in [5, 5.41) is 3.06. The molecule has 1 heterocycles. The summed E-state index contributed by atoms with van der Waals surface area (Å²) in [7, 11) is 1.92. The van der Waals surface area contributed by atoms with E-state index in [0.29, 0.717) is 25.2 Å². The fraction of sp³-hybridized carbons (Fsp3) is 0.786. The number of amides is 1. The average molecular weight is 253 g/mol. The van der Waals surface area contributed by atoms with Crippen LogP contribution in [-0.2, 0) is 4.79 Å². The maximum absolute atomic E-state index is 11.9. The third-order valence-electron chi connectivity index (χ3n) is 3.74. The lowest BCUT2D eigenvalue weighted by atomic mass is 10.0. The summed E-state index contributed by atoms with van der Waals surface area (Å²) in [5.74, 6) is 0.180. The number of carbonyl (C=O) groups is 1. The third kappa shape index (κ3) is 4.42. The molecule has 104 valence electrons. The Morgan fingerprint density at radius 2 is 2.11 bits per heavy atom. The molecule has 0 spiro atoms. The maximum Gasteiger partial charge on any atom is 0.236 e. The van der Waals surface area contributed by atoms with E-state index in [9.17, 15) is 4.79 Å². The number of nitrogens with zero attached hydrogens (tertiary/aromatic N) is 2. The highest BCUT2D eigenvalue weighted by Gasteiger charge is 2.25. The quantitative estimate of drug-likeness (QED) is 0.568. The van der Waals surface area contributed by atoms with Crippen LogP contribution < -0.4 is 5.32 Å². The van der Waals surface area contributed by atoms with Gasteiger partial charge in [-0.05, 0) is 26.7 Å². The Kier molecular flexibility index (Phi) is 6.36. The highest BCUT2D eigenvalue weighted by atomic mass is 16.2. The van der Waals surface area contributed by atoms with Crippen molar-refractivity contribution in [2.45, 2.75) is 38.8 Å². The number of hydrogen-bond acceptors (Lipinski definition) is 3. The minimum absolute atomic E-state index is 0.180. The van der Waals surface area contributed by atoms with Crippen molar-refractivity contribution in [2.24, 2.45) is 0 Å². The first-order chi connectivity index (χ1) is 8.56. The van der Waals surface area contributed by atoms with E-state index in [1.165, 1.54) is 0 Å². The maximum atomic E-state index is 11.9. The number of nitrogens with one attached hydrogen (secondary N) is 1. The molecule has 1 rings (SSSR count). The largest absolute Gasteiger partial charge is 0.342 e. The van der Waals surface area contributed by atoms with Crippen LogP contribution in [0.3, 0.4) is 0 Å². The zero-order valence-electron chi connectivity index (χ0n) is 12.0. The molecule has 1 aliphatic rings. The molecule has 1 saturated heterocycles. The zero-order valence-corrected chi connectivity index (χ0v) is 12.0. The molecule has 1 aliphatic heterocycles. The molecule has 1 N–H and O–H groups in total. The number of likely N-dealkylation sites (tertiary alicyclic amines) is 1. The molecule has 0 aromatic heterocycles. The van der Waals surface area contributed by atoms with E-state index in [4.69, 9.17) is 0 Å². The first-order valence-corrected chi connectivity index (χ1v) is 6.87. The highest BCUT2D eigenvalue weighted by molar-refractivity contribution is 5.78. The summed E-state index contributed by atoms with van der Waals surface area (Å²) < 4.78 is 0. The molecule has 0 bridgehead atoms. The first kappa shape index (κ1) is 15.2. The molecule has 1 fully saturated rings. The van der Waals surface area contributed by atoms with Crippen molar-refractivity contribution in [2.75, 3.05) is 33.2 Å². The topological polar surface area (TPSA) is 35.6 Å². The lowest BCUT2D eigenvalue weighted by Gasteiger charge is -2.38. The lowest BCUT2D eigenvalue weighted by Crippen LogP contribution is -2.49. The molecule has 4 heteroatoms. The van der Waals surface area contributed by atoms with Crippen molar-refractivity contribution in [3.05, 3.63) is 12.7 Å². The van der Waals surface area contributed by atoms with Crippen LogP contribution in [0.1, 0.15) is 26.7 Å². The number of piperidine rings is 1. The van der Waals surface area contributed by atoms with Crippen LogP contribution >= 0.6 is 0 Å². The number of rotatable bonds is 6. The van der Waals surface area contributed by atoms with E-state index in [-0.39, 0.29) is 5.91 Å². The zero-order chi connectivity index (χ0) is 13.5. The Morgan fingerprint density at radius 3 is 2.61 bits per heavy atom. The van der Waals surface area contributed by atoms with E-state index in [1.54, 1.807) is 6.08 Å². The summed E-state index contributed by atoms with van der Waals surface area (Å²) in [6.45, 7) is 11.4. The molecule has 1 amide bonds. The molecule has 0 saturated carbocycles. The van der Waals surface area contributed by atoms with E-state index in [0.717, 1.165) is 25.9 Å². The molecule has 0 aromatic rings. The molecule has 18 heavy (non-hydrogen) atoms. The van der Waals surface area contributed by atoms with Gasteiger partial charge in [0.05, 0.1) is 6.54 Å². The van der Waals surface area contributed by atoms with Gasteiger partial charge >= 0.3 is 0 Å². The van der Waals surface area contributed by atoms with E-state index >= 15 is 0 Å². The Hall–Kier alpha value is -0.870. The van der Waals surface area contributed by atoms with Crippen molar-refractivity contribution in [3.8, 4) is 0 Å². The molecular formula is C14H27N3O. The SMILES string of the molecule is C=CCNCC(=O)N(C)C1CCN(C(C)C)CC1. The third-order valence-corrected chi connectivity index (χ3v) is 3.74. The van der Waals surface area contributed by atoms with Gasteiger partial charge in [-0.1, -0.05) is 6.08 Å². The molecular weight excluding hydrogens is 226 g/mol. The van der Waals surface area contributed by atoms with Crippen molar-refractivity contribution in [3.63, 3.8) is 0 Å². The Labute approximate surface area is 111 Å². The van der Waals surface area contributed by atoms with E-state index in [2.05, 4.69) is 30.6 Å². The number of carbonyl (C=O) groups excluding carboxylic acids is 1. The van der Waals surface area contributed by atoms with Crippen molar-refractivity contribution in [1.29, 1.82) is 0 Å². The van der Waals surface area contributed by atoms with Crippen LogP contribution in [-0.4, -0.2) is 61.0 Å². The summed E-state index contributed by atoms with van der Waals surface area (Å²) in [6.07, 6.45) is 3.94. The van der Waals surface area contributed by atoms with Gasteiger partial charge in [0.15, 0.2) is 0 Å². The van der Waals surface area contributed by atoms with Gasteiger partial charge in [0.2, 0.25) is 5.91 Å². The Morgan fingerprint density at radius 1 is 1.50 bits per heavy atom. The Bertz CT molecular complexity index is 270. The lowest BCUT2D eigenvalue weighted by molar-refractivity contribution is -0.131. The van der Waals surface area contributed by atoms with Gasteiger partial charge in [0, 0.05) is 38.8 Å². The summed E-state index contributed by atoms with van der Waals surface area (Å²) in [6, 6.07) is 1.01. The molecule has 4 nitrogen and oxygen atoms in total. The minimum atomic E-state index is 0.180. The molecule has 0 aromatic carbocycles. The van der Waals surface area contributed by atoms with Gasteiger partial charge in [0.1, 0.15) is 0 Å². The summed E-state index contributed by atoms with van der Waals surface area (Å²) >= 11 is 0. The Balaban J connectivity index is 2.32. The van der Waals surface area contributed by atoms with Crippen LogP contribution in [0.15, 0.2) is 12.7 Å². The first-order valence-electron chi connectivity index (χ1n) is 6.87. The second-order valence-electron chi connectivity index (χ2n) is 5.29. The van der Waals surface area contributed by atoms with Crippen LogP contribution in [0, 0.1) is 0 Å². The van der Waals surface area contributed by atoms with Crippen LogP contribution in [0.25, 0.3) is 0 Å². The van der Waals surface area contributed by atoms with Gasteiger partial charge in [-0.2, -0.15) is 0 Å². The van der Waals surface area contributed by atoms with Gasteiger partial charge in [-0.25, -0.2) is 0 Å². The van der Waals surface area contributed by atoms with Crippen LogP contribution in [0.2, 0.25) is 0 Å². The molecule has 0 unspecified atom stereocenters. The smallest absolute Gasteiger partial charge is 0.236 e. The number of hydrogen-bond donors (Lipinski definition) is 1. The fourth-order valence-corrected chi connectivity index (χ4v) is 2.40. The standard InChI is InChI=1S/C14H27N3O/c1-5-8-15-11-14(18)16(4)13-6-9-17(10-7-13)12(2)3/h5,12-13,15H,1,6-11H2,2-4H3. The molecule has 0 radical (unpaired) electrons. The monoisotopic (exact) mass is 253 g/mol. The van der Waals surface area contributed by atoms with Crippen molar-refractivity contribution < 1.29 is 4.79 Å². The number of likely N-dealkylation sites (N-methyl/N-ethyl adjacent to an activating group) is 1. The van der Waals surface area contributed by atoms with Gasteiger partial charge < -0.3 is 15.1 Å². The van der Waals surface area contributed by atoms with Gasteiger partial charge in [-0.3, -0.25) is 4.79 Å². The molecule has 0 aliphatic carbocycles. The van der Waals surface area contributed by atoms with Gasteiger partial charge in [0.25, 0.3) is 0 Å². The van der Waals surface area contributed by atoms with Crippen molar-refractivity contribution in [1.82, 2.24) is 15.1 Å². The summed E-state index contributed by atoms with van der Waals surface area (Å²) in [5.41, 5.74) is 0. The average Bonchev–Trinajstić information content (AvgIpc) is 2.38. The highest BCUT2D eigenvalue weighted by Crippen LogP contribution is 2.17. The normalized spacial score (nSPS) is 18.0. The van der Waals surface area contributed by atoms with Crippen LogP contribution in [0.4, 0.5) is 0 Å². The molecule has 0 atom stereocenters. The van der Waals surface area contributed by atoms with E-state index < -0.39 is 0 Å². The summed E-state index contributed by atoms with van der Waals surface area (Å²) in [4.78, 5) is 16.3. The fourth-order valence-electron chi connectivity index (χ4n) is 2.40. The van der Waals surface area contributed by atoms with Crippen LogP contribution in [0.5, 0.6) is 0 Å². The minimum Gasteiger partial charge on any atom is -0.342 e. The second kappa shape index (κ2) is 7.54. The van der Waals surface area contributed by atoms with Crippen molar-refractivity contribution >= 4 is 5.91 Å². The van der Waals surface area contributed by atoms with E-state index in [1.807, 2.05) is 11.9 Å². The van der Waals surface area contributed by atoms with Gasteiger partial charge in [-0.15, -0.1) is 6.58 Å². The predicted octanol–water partition coefficient (Wildman–Crippen LogP) is 1.09. The predicted molar refractivity (Wildman–Crippen MR) is 75.6 cm³/mol.